The second kappa shape index (κ2) is 7.91. The third-order valence-corrected chi connectivity index (χ3v) is 5.55. The fourth-order valence-electron chi connectivity index (χ4n) is 3.66. The molecule has 1 fully saturated rings. The van der Waals surface area contributed by atoms with Crippen LogP contribution in [0.5, 0.6) is 17.5 Å². The van der Waals surface area contributed by atoms with Crippen molar-refractivity contribution in [3.63, 3.8) is 0 Å². The molecule has 1 unspecified atom stereocenters. The topological polar surface area (TPSA) is 56.7 Å². The lowest BCUT2D eigenvalue weighted by Gasteiger charge is -2.35. The van der Waals surface area contributed by atoms with Gasteiger partial charge in [0.25, 0.3) is 5.88 Å². The summed E-state index contributed by atoms with van der Waals surface area (Å²) in [7, 11) is 0. The van der Waals surface area contributed by atoms with Crippen LogP contribution < -0.4 is 14.2 Å². The van der Waals surface area contributed by atoms with Crippen molar-refractivity contribution < 1.29 is 18.6 Å². The van der Waals surface area contributed by atoms with Crippen molar-refractivity contribution in [3.05, 3.63) is 41.0 Å². The average molecular weight is 387 g/mol. The highest BCUT2D eigenvalue weighted by Crippen LogP contribution is 2.34. The van der Waals surface area contributed by atoms with Crippen LogP contribution in [0.15, 0.2) is 18.2 Å². The molecule has 0 radical (unpaired) electrons. The Morgan fingerprint density at radius 1 is 1.14 bits per heavy atom. The molecule has 7 heteroatoms. The molecule has 0 saturated carbocycles. The first-order valence-corrected chi connectivity index (χ1v) is 9.82. The Morgan fingerprint density at radius 2 is 1.89 bits per heavy atom. The first kappa shape index (κ1) is 18.9. The molecule has 0 aromatic carbocycles. The Morgan fingerprint density at radius 3 is 2.64 bits per heavy atom. The Balaban J connectivity index is 1.38. The van der Waals surface area contributed by atoms with Gasteiger partial charge in [-0.3, -0.25) is 4.90 Å². The minimum atomic E-state index is -0.352. The first-order chi connectivity index (χ1) is 13.5. The maximum absolute atomic E-state index is 14.6. The van der Waals surface area contributed by atoms with Crippen molar-refractivity contribution in [2.75, 3.05) is 26.3 Å². The minimum absolute atomic E-state index is 0.121. The van der Waals surface area contributed by atoms with E-state index in [1.165, 1.54) is 6.07 Å². The Labute approximate surface area is 164 Å². The predicted molar refractivity (Wildman–Crippen MR) is 103 cm³/mol. The number of ether oxygens (including phenoxy) is 3. The summed E-state index contributed by atoms with van der Waals surface area (Å²) in [5, 5.41) is 0. The molecule has 0 spiro atoms. The van der Waals surface area contributed by atoms with E-state index in [-0.39, 0.29) is 18.0 Å². The molecular weight excluding hydrogens is 361 g/mol. The molecule has 4 rings (SSSR count). The SMILES string of the molecule is Cc1ccc(OC2CCN(C(C)c3nc4c(cc3F)OCCO4)CC2)nc1C. The van der Waals surface area contributed by atoms with Crippen molar-refractivity contribution in [1.29, 1.82) is 0 Å². The van der Waals surface area contributed by atoms with E-state index in [2.05, 4.69) is 14.9 Å². The summed E-state index contributed by atoms with van der Waals surface area (Å²) in [6.45, 7) is 8.49. The molecule has 2 aromatic heterocycles. The van der Waals surface area contributed by atoms with Crippen LogP contribution in [-0.2, 0) is 0 Å². The Bertz CT molecular complexity index is 853. The van der Waals surface area contributed by atoms with Crippen molar-refractivity contribution >= 4 is 0 Å². The van der Waals surface area contributed by atoms with E-state index in [4.69, 9.17) is 14.2 Å². The van der Waals surface area contributed by atoms with Crippen LogP contribution in [0.4, 0.5) is 4.39 Å². The minimum Gasteiger partial charge on any atom is -0.484 e. The largest absolute Gasteiger partial charge is 0.484 e. The van der Waals surface area contributed by atoms with Crippen molar-refractivity contribution in [2.24, 2.45) is 0 Å². The maximum Gasteiger partial charge on any atom is 0.257 e. The fraction of sp³-hybridized carbons (Fsp3) is 0.524. The number of aryl methyl sites for hydroxylation is 2. The second-order valence-electron chi connectivity index (χ2n) is 7.44. The van der Waals surface area contributed by atoms with Gasteiger partial charge in [0.2, 0.25) is 5.88 Å². The molecule has 2 aromatic rings. The molecule has 0 aliphatic carbocycles. The van der Waals surface area contributed by atoms with Gasteiger partial charge < -0.3 is 14.2 Å². The highest BCUT2D eigenvalue weighted by Gasteiger charge is 2.29. The van der Waals surface area contributed by atoms with Crippen molar-refractivity contribution in [1.82, 2.24) is 14.9 Å². The van der Waals surface area contributed by atoms with Gasteiger partial charge in [-0.1, -0.05) is 6.07 Å². The van der Waals surface area contributed by atoms with Gasteiger partial charge in [0.05, 0.1) is 11.7 Å². The predicted octanol–water partition coefficient (Wildman–Crippen LogP) is 3.61. The summed E-state index contributed by atoms with van der Waals surface area (Å²) in [6, 6.07) is 5.20. The van der Waals surface area contributed by atoms with Gasteiger partial charge in [-0.15, -0.1) is 0 Å². The van der Waals surface area contributed by atoms with E-state index in [0.29, 0.717) is 36.4 Å². The molecule has 1 saturated heterocycles. The molecule has 2 aliphatic rings. The van der Waals surface area contributed by atoms with Crippen molar-refractivity contribution in [2.45, 2.75) is 45.8 Å². The zero-order valence-corrected chi connectivity index (χ0v) is 16.6. The average Bonchev–Trinajstić information content (AvgIpc) is 2.70. The molecule has 28 heavy (non-hydrogen) atoms. The smallest absolute Gasteiger partial charge is 0.257 e. The van der Waals surface area contributed by atoms with Crippen LogP contribution in [-0.4, -0.2) is 47.3 Å². The highest BCUT2D eigenvalue weighted by molar-refractivity contribution is 5.37. The highest BCUT2D eigenvalue weighted by atomic mass is 19.1. The zero-order valence-electron chi connectivity index (χ0n) is 16.6. The molecular formula is C21H26FN3O3. The van der Waals surface area contributed by atoms with E-state index < -0.39 is 0 Å². The number of likely N-dealkylation sites (tertiary alicyclic amines) is 1. The van der Waals surface area contributed by atoms with Crippen LogP contribution in [0.2, 0.25) is 0 Å². The summed E-state index contributed by atoms with van der Waals surface area (Å²) >= 11 is 0. The number of hydrogen-bond acceptors (Lipinski definition) is 6. The lowest BCUT2D eigenvalue weighted by molar-refractivity contribution is 0.0740. The Kier molecular flexibility index (Phi) is 5.35. The van der Waals surface area contributed by atoms with E-state index in [1.807, 2.05) is 32.9 Å². The summed E-state index contributed by atoms with van der Waals surface area (Å²) in [6.07, 6.45) is 1.85. The lowest BCUT2D eigenvalue weighted by atomic mass is 10.0. The summed E-state index contributed by atoms with van der Waals surface area (Å²) in [5.74, 6) is 1.09. The van der Waals surface area contributed by atoms with Crippen LogP contribution in [0.1, 0.15) is 42.8 Å². The molecule has 1 atom stereocenters. The van der Waals surface area contributed by atoms with Crippen LogP contribution in [0, 0.1) is 19.7 Å². The maximum atomic E-state index is 14.6. The van der Waals surface area contributed by atoms with Gasteiger partial charge in [0.15, 0.2) is 5.75 Å². The number of pyridine rings is 2. The normalized spacial score (nSPS) is 18.7. The number of halogens is 1. The standard InChI is InChI=1S/C21H26FN3O3/c1-13-4-5-19(23-14(13)2)28-16-6-8-25(9-7-16)15(3)20-17(22)12-18-21(24-20)27-11-10-26-18/h4-5,12,15-16H,6-11H2,1-3H3. The fourth-order valence-corrected chi connectivity index (χ4v) is 3.66. The molecule has 0 amide bonds. The molecule has 2 aliphatic heterocycles. The van der Waals surface area contributed by atoms with Crippen LogP contribution in [0.25, 0.3) is 0 Å². The van der Waals surface area contributed by atoms with Gasteiger partial charge >= 0.3 is 0 Å². The summed E-state index contributed by atoms with van der Waals surface area (Å²) < 4.78 is 31.5. The van der Waals surface area contributed by atoms with E-state index in [9.17, 15) is 4.39 Å². The number of aromatic nitrogens is 2. The van der Waals surface area contributed by atoms with E-state index in [0.717, 1.165) is 37.2 Å². The lowest BCUT2D eigenvalue weighted by Crippen LogP contribution is -2.40. The van der Waals surface area contributed by atoms with Gasteiger partial charge in [0, 0.05) is 30.9 Å². The molecule has 0 bridgehead atoms. The number of rotatable bonds is 4. The third kappa shape index (κ3) is 3.90. The third-order valence-electron chi connectivity index (χ3n) is 5.55. The molecule has 150 valence electrons. The monoisotopic (exact) mass is 387 g/mol. The van der Waals surface area contributed by atoms with Gasteiger partial charge in [-0.2, -0.15) is 0 Å². The van der Waals surface area contributed by atoms with Crippen LogP contribution in [0.3, 0.4) is 0 Å². The molecule has 4 heterocycles. The van der Waals surface area contributed by atoms with Gasteiger partial charge in [-0.25, -0.2) is 14.4 Å². The number of fused-ring (bicyclic) bond motifs is 1. The molecule has 6 nitrogen and oxygen atoms in total. The van der Waals surface area contributed by atoms with Crippen LogP contribution >= 0.6 is 0 Å². The number of hydrogen-bond donors (Lipinski definition) is 0. The second-order valence-corrected chi connectivity index (χ2v) is 7.44. The van der Waals surface area contributed by atoms with Gasteiger partial charge in [-0.05, 0) is 39.2 Å². The first-order valence-electron chi connectivity index (χ1n) is 9.82. The summed E-state index contributed by atoms with van der Waals surface area (Å²) in [5.41, 5.74) is 2.55. The zero-order chi connectivity index (χ0) is 19.7. The van der Waals surface area contributed by atoms with Gasteiger partial charge in [0.1, 0.15) is 25.1 Å². The number of piperidine rings is 1. The molecule has 0 N–H and O–H groups in total. The van der Waals surface area contributed by atoms with Crippen molar-refractivity contribution in [3.8, 4) is 17.5 Å². The Hall–Kier alpha value is -2.41. The van der Waals surface area contributed by atoms with E-state index >= 15 is 0 Å². The van der Waals surface area contributed by atoms with E-state index in [1.54, 1.807) is 0 Å². The summed E-state index contributed by atoms with van der Waals surface area (Å²) in [4.78, 5) is 11.1. The number of nitrogens with zero attached hydrogens (tertiary/aromatic N) is 3. The quantitative estimate of drug-likeness (QED) is 0.799.